The van der Waals surface area contributed by atoms with Crippen molar-refractivity contribution >= 4 is 27.2 Å². The first-order chi connectivity index (χ1) is 14.3. The van der Waals surface area contributed by atoms with E-state index in [9.17, 15) is 18.0 Å². The van der Waals surface area contributed by atoms with E-state index in [0.717, 1.165) is 11.1 Å². The Morgan fingerprint density at radius 3 is 2.13 bits per heavy atom. The van der Waals surface area contributed by atoms with Gasteiger partial charge in [0, 0.05) is 17.5 Å². The molecule has 1 N–H and O–H groups in total. The quantitative estimate of drug-likeness (QED) is 0.576. The van der Waals surface area contributed by atoms with E-state index in [1.807, 2.05) is 19.9 Å². The molecule has 0 aliphatic rings. The summed E-state index contributed by atoms with van der Waals surface area (Å²) in [6.45, 7) is 3.74. The largest absolute Gasteiger partial charge is 0.325 e. The first kappa shape index (κ1) is 21.5. The topological polar surface area (TPSA) is 80.3 Å². The standard InChI is InChI=1S/C24H23NO4S/c1-17-8-11-20(12-9-17)30(28,29)15-14-23(26)25-22-13-10-18(2)16-21(22)24(27)19-6-4-3-5-7-19/h3-13,16H,14-15H2,1-2H3,(H,25,26). The smallest absolute Gasteiger partial charge is 0.225 e. The Balaban J connectivity index is 1.74. The van der Waals surface area contributed by atoms with E-state index in [0.29, 0.717) is 16.8 Å². The van der Waals surface area contributed by atoms with Gasteiger partial charge in [-0.15, -0.1) is 0 Å². The van der Waals surface area contributed by atoms with Gasteiger partial charge in [0.05, 0.1) is 16.3 Å². The van der Waals surface area contributed by atoms with E-state index in [2.05, 4.69) is 5.32 Å². The summed E-state index contributed by atoms with van der Waals surface area (Å²) in [5, 5.41) is 2.70. The van der Waals surface area contributed by atoms with E-state index in [1.165, 1.54) is 0 Å². The summed E-state index contributed by atoms with van der Waals surface area (Å²) in [6, 6.07) is 20.5. The number of hydrogen-bond donors (Lipinski definition) is 1. The SMILES string of the molecule is Cc1ccc(S(=O)(=O)CCC(=O)Nc2ccc(C)cc2C(=O)c2ccccc2)cc1. The molecular formula is C24H23NO4S. The highest BCUT2D eigenvalue weighted by atomic mass is 32.2. The minimum Gasteiger partial charge on any atom is -0.325 e. The molecule has 5 nitrogen and oxygen atoms in total. The third-order valence-corrected chi connectivity index (χ3v) is 6.44. The fourth-order valence-electron chi connectivity index (χ4n) is 3.00. The van der Waals surface area contributed by atoms with Crippen LogP contribution in [-0.4, -0.2) is 25.9 Å². The highest BCUT2D eigenvalue weighted by Crippen LogP contribution is 2.22. The summed E-state index contributed by atoms with van der Waals surface area (Å²) in [7, 11) is -3.57. The molecule has 0 saturated carbocycles. The van der Waals surface area contributed by atoms with Crippen molar-refractivity contribution in [1.29, 1.82) is 0 Å². The summed E-state index contributed by atoms with van der Waals surface area (Å²) in [5.41, 5.74) is 3.10. The lowest BCUT2D eigenvalue weighted by Gasteiger charge is -2.12. The number of anilines is 1. The second-order valence-electron chi connectivity index (χ2n) is 7.17. The molecule has 6 heteroatoms. The molecule has 0 atom stereocenters. The molecule has 0 saturated heterocycles. The molecule has 0 unspecified atom stereocenters. The van der Waals surface area contributed by atoms with Crippen LogP contribution in [0.25, 0.3) is 0 Å². The normalized spacial score (nSPS) is 11.1. The van der Waals surface area contributed by atoms with Crippen LogP contribution in [0.2, 0.25) is 0 Å². The molecular weight excluding hydrogens is 398 g/mol. The van der Waals surface area contributed by atoms with E-state index in [-0.39, 0.29) is 22.9 Å². The first-order valence-electron chi connectivity index (χ1n) is 9.56. The molecule has 0 aliphatic heterocycles. The fraction of sp³-hybridized carbons (Fsp3) is 0.167. The monoisotopic (exact) mass is 421 g/mol. The van der Waals surface area contributed by atoms with Crippen LogP contribution in [0.3, 0.4) is 0 Å². The van der Waals surface area contributed by atoms with Gasteiger partial charge < -0.3 is 5.32 Å². The molecule has 3 aromatic rings. The summed E-state index contributed by atoms with van der Waals surface area (Å²) in [4.78, 5) is 25.5. The molecule has 3 rings (SSSR count). The van der Waals surface area contributed by atoms with Gasteiger partial charge in [0.25, 0.3) is 0 Å². The number of nitrogens with one attached hydrogen (secondary N) is 1. The summed E-state index contributed by atoms with van der Waals surface area (Å²) in [5.74, 6) is -0.978. The lowest BCUT2D eigenvalue weighted by molar-refractivity contribution is -0.115. The van der Waals surface area contributed by atoms with Crippen LogP contribution in [0.5, 0.6) is 0 Å². The number of amides is 1. The third kappa shape index (κ3) is 5.21. The van der Waals surface area contributed by atoms with Gasteiger partial charge in [0.15, 0.2) is 15.6 Å². The van der Waals surface area contributed by atoms with Crippen molar-refractivity contribution in [2.45, 2.75) is 25.2 Å². The van der Waals surface area contributed by atoms with Crippen molar-refractivity contribution in [1.82, 2.24) is 0 Å². The van der Waals surface area contributed by atoms with E-state index < -0.39 is 15.7 Å². The van der Waals surface area contributed by atoms with E-state index >= 15 is 0 Å². The Bertz CT molecular complexity index is 1170. The first-order valence-corrected chi connectivity index (χ1v) is 11.2. The number of benzene rings is 3. The van der Waals surface area contributed by atoms with Gasteiger partial charge in [-0.25, -0.2) is 8.42 Å². The Morgan fingerprint density at radius 2 is 1.47 bits per heavy atom. The lowest BCUT2D eigenvalue weighted by Crippen LogP contribution is -2.19. The minimum absolute atomic E-state index is 0.191. The highest BCUT2D eigenvalue weighted by molar-refractivity contribution is 7.91. The average Bonchev–Trinajstić information content (AvgIpc) is 2.74. The minimum atomic E-state index is -3.57. The number of carbonyl (C=O) groups is 2. The highest BCUT2D eigenvalue weighted by Gasteiger charge is 2.19. The zero-order chi connectivity index (χ0) is 21.7. The maximum atomic E-state index is 12.9. The molecule has 3 aromatic carbocycles. The van der Waals surface area contributed by atoms with Crippen LogP contribution in [-0.2, 0) is 14.6 Å². The van der Waals surface area contributed by atoms with Crippen molar-refractivity contribution in [3.63, 3.8) is 0 Å². The van der Waals surface area contributed by atoms with Crippen LogP contribution in [0.4, 0.5) is 5.69 Å². The molecule has 30 heavy (non-hydrogen) atoms. The van der Waals surface area contributed by atoms with Crippen LogP contribution >= 0.6 is 0 Å². The molecule has 0 aliphatic carbocycles. The molecule has 1 amide bonds. The second-order valence-corrected chi connectivity index (χ2v) is 9.28. The van der Waals surface area contributed by atoms with Crippen LogP contribution in [0.15, 0.2) is 77.7 Å². The number of sulfone groups is 1. The van der Waals surface area contributed by atoms with E-state index in [1.54, 1.807) is 66.7 Å². The van der Waals surface area contributed by atoms with Crippen molar-refractivity contribution in [3.8, 4) is 0 Å². The molecule has 0 fully saturated rings. The number of carbonyl (C=O) groups excluding carboxylic acids is 2. The average molecular weight is 422 g/mol. The van der Waals surface area contributed by atoms with Gasteiger partial charge >= 0.3 is 0 Å². The summed E-state index contributed by atoms with van der Waals surface area (Å²) >= 11 is 0. The molecule has 154 valence electrons. The zero-order valence-corrected chi connectivity index (χ0v) is 17.7. The van der Waals surface area contributed by atoms with Gasteiger partial charge in [-0.05, 0) is 38.1 Å². The molecule has 0 radical (unpaired) electrons. The summed E-state index contributed by atoms with van der Waals surface area (Å²) < 4.78 is 24.9. The van der Waals surface area contributed by atoms with Crippen LogP contribution < -0.4 is 5.32 Å². The Labute approximate surface area is 176 Å². The maximum absolute atomic E-state index is 12.9. The van der Waals surface area contributed by atoms with E-state index in [4.69, 9.17) is 0 Å². The predicted octanol–water partition coefficient (Wildman–Crippen LogP) is 4.34. The van der Waals surface area contributed by atoms with Crippen LogP contribution in [0, 0.1) is 13.8 Å². The Kier molecular flexibility index (Phi) is 6.47. The van der Waals surface area contributed by atoms with Gasteiger partial charge in [0.2, 0.25) is 5.91 Å². The number of ketones is 1. The second kappa shape index (κ2) is 9.05. The lowest BCUT2D eigenvalue weighted by atomic mass is 9.99. The van der Waals surface area contributed by atoms with Crippen molar-refractivity contribution < 1.29 is 18.0 Å². The number of rotatable bonds is 7. The fourth-order valence-corrected chi connectivity index (χ4v) is 4.24. The van der Waals surface area contributed by atoms with Crippen molar-refractivity contribution in [2.75, 3.05) is 11.1 Å². The van der Waals surface area contributed by atoms with Crippen LogP contribution in [0.1, 0.15) is 33.5 Å². The predicted molar refractivity (Wildman–Crippen MR) is 118 cm³/mol. The van der Waals surface area contributed by atoms with Gasteiger partial charge in [-0.2, -0.15) is 0 Å². The maximum Gasteiger partial charge on any atom is 0.225 e. The molecule has 0 spiro atoms. The zero-order valence-electron chi connectivity index (χ0n) is 16.9. The molecule has 0 heterocycles. The van der Waals surface area contributed by atoms with Gasteiger partial charge in [0.1, 0.15) is 0 Å². The number of aryl methyl sites for hydroxylation is 2. The Morgan fingerprint density at radius 1 is 0.833 bits per heavy atom. The van der Waals surface area contributed by atoms with Crippen molar-refractivity contribution in [3.05, 3.63) is 95.1 Å². The van der Waals surface area contributed by atoms with Gasteiger partial charge in [-0.3, -0.25) is 9.59 Å². The third-order valence-electron chi connectivity index (χ3n) is 4.71. The molecule has 0 aromatic heterocycles. The summed E-state index contributed by atoms with van der Waals surface area (Å²) in [6.07, 6.45) is -0.205. The van der Waals surface area contributed by atoms with Gasteiger partial charge in [-0.1, -0.05) is 59.7 Å². The number of hydrogen-bond acceptors (Lipinski definition) is 4. The van der Waals surface area contributed by atoms with Crippen molar-refractivity contribution in [2.24, 2.45) is 0 Å². The Hall–Kier alpha value is -3.25. The molecule has 0 bridgehead atoms.